The number of nitrogens with one attached hydrogen (secondary N) is 1. The third-order valence-electron chi connectivity index (χ3n) is 8.64. The number of thiazole rings is 1. The quantitative estimate of drug-likeness (QED) is 0.251. The molecule has 5 aromatic rings. The summed E-state index contributed by atoms with van der Waals surface area (Å²) in [4.78, 5) is 31.0. The number of hydrogen-bond acceptors (Lipinski definition) is 4. The van der Waals surface area contributed by atoms with Crippen molar-refractivity contribution in [1.82, 2.24) is 4.98 Å². The number of hydrogen-bond donors (Lipinski definition) is 2. The second kappa shape index (κ2) is 8.61. The van der Waals surface area contributed by atoms with Crippen LogP contribution in [0.1, 0.15) is 63.4 Å². The molecule has 192 valence electrons. The largest absolute Gasteiger partial charge is 0.478 e. The number of fused-ring (bicyclic) bond motifs is 2. The molecule has 0 saturated carbocycles. The summed E-state index contributed by atoms with van der Waals surface area (Å²) in [5, 5.41) is 18.0. The van der Waals surface area contributed by atoms with E-state index in [2.05, 4.69) is 48.6 Å². The highest BCUT2D eigenvalue weighted by atomic mass is 32.1. The van der Waals surface area contributed by atoms with E-state index in [-0.39, 0.29) is 17.7 Å². The van der Waals surface area contributed by atoms with Crippen molar-refractivity contribution in [3.8, 4) is 11.3 Å². The van der Waals surface area contributed by atoms with Crippen LogP contribution in [0.3, 0.4) is 0 Å². The zero-order valence-electron chi connectivity index (χ0n) is 21.6. The molecular formula is C33H26N2O3S. The van der Waals surface area contributed by atoms with E-state index in [0.717, 1.165) is 38.9 Å². The van der Waals surface area contributed by atoms with Gasteiger partial charge in [-0.1, -0.05) is 72.8 Å². The van der Waals surface area contributed by atoms with Crippen molar-refractivity contribution in [2.24, 2.45) is 5.41 Å². The predicted octanol–water partition coefficient (Wildman–Crippen LogP) is 7.60. The number of rotatable bonds is 4. The Labute approximate surface area is 230 Å². The van der Waals surface area contributed by atoms with Gasteiger partial charge >= 0.3 is 5.97 Å². The summed E-state index contributed by atoms with van der Waals surface area (Å²) in [7, 11) is 0. The van der Waals surface area contributed by atoms with Crippen molar-refractivity contribution in [3.63, 3.8) is 0 Å². The highest BCUT2D eigenvalue weighted by molar-refractivity contribution is 7.14. The topological polar surface area (TPSA) is 79.3 Å². The van der Waals surface area contributed by atoms with Crippen molar-refractivity contribution in [3.05, 3.63) is 118 Å². The number of benzene rings is 4. The first-order valence-electron chi connectivity index (χ1n) is 13.1. The predicted molar refractivity (Wildman–Crippen MR) is 155 cm³/mol. The molecule has 1 heterocycles. The summed E-state index contributed by atoms with van der Waals surface area (Å²) in [5.41, 5.74) is 6.67. The molecule has 39 heavy (non-hydrogen) atoms. The van der Waals surface area contributed by atoms with Crippen molar-refractivity contribution in [1.29, 1.82) is 0 Å². The maximum Gasteiger partial charge on any atom is 0.335 e. The van der Waals surface area contributed by atoms with Gasteiger partial charge < -0.3 is 10.4 Å². The lowest BCUT2D eigenvalue weighted by Gasteiger charge is -2.51. The molecule has 0 saturated heterocycles. The first-order valence-corrected chi connectivity index (χ1v) is 14.0. The summed E-state index contributed by atoms with van der Waals surface area (Å²) >= 11 is 1.43. The van der Waals surface area contributed by atoms with E-state index in [1.165, 1.54) is 22.3 Å². The van der Waals surface area contributed by atoms with E-state index in [0.29, 0.717) is 17.1 Å². The number of anilines is 1. The summed E-state index contributed by atoms with van der Waals surface area (Å²) in [6, 6.07) is 26.1. The van der Waals surface area contributed by atoms with Crippen LogP contribution in [-0.4, -0.2) is 22.0 Å². The van der Waals surface area contributed by atoms with Crippen molar-refractivity contribution in [2.45, 2.75) is 32.1 Å². The van der Waals surface area contributed by atoms with Gasteiger partial charge in [0.05, 0.1) is 16.7 Å². The molecule has 2 bridgehead atoms. The molecule has 8 rings (SSSR count). The van der Waals surface area contributed by atoms with Crippen LogP contribution in [0.4, 0.5) is 5.13 Å². The lowest BCUT2D eigenvalue weighted by Crippen LogP contribution is -2.47. The van der Waals surface area contributed by atoms with Gasteiger partial charge in [-0.2, -0.15) is 0 Å². The molecule has 0 fully saturated rings. The van der Waals surface area contributed by atoms with E-state index in [9.17, 15) is 14.7 Å². The number of aromatic carboxylic acids is 1. The first-order chi connectivity index (χ1) is 18.9. The van der Waals surface area contributed by atoms with Crippen molar-refractivity contribution in [2.75, 3.05) is 5.32 Å². The Morgan fingerprint density at radius 3 is 2.44 bits per heavy atom. The summed E-state index contributed by atoms with van der Waals surface area (Å²) in [5.74, 6) is -1.42. The number of aromatic nitrogens is 1. The van der Waals surface area contributed by atoms with Crippen LogP contribution >= 0.6 is 11.3 Å². The van der Waals surface area contributed by atoms with Gasteiger partial charge in [0.15, 0.2) is 5.13 Å². The van der Waals surface area contributed by atoms with E-state index < -0.39 is 11.4 Å². The summed E-state index contributed by atoms with van der Waals surface area (Å²) < 4.78 is 0. The number of carbonyl (C=O) groups excluding carboxylic acids is 1. The third-order valence-corrected chi connectivity index (χ3v) is 9.40. The standard InChI is InChI=1S/C33H26N2O3S/c1-18-14-15-22(20-9-4-3-8-19(18)20)27-17-39-32(34-27)35-31(38)33(2)16-26-21-10-5-6-11-23(21)29(33)24-12-7-13-25(28(24)26)30(36)37/h3-15,17,26,29H,16H2,1-2H3,(H,36,37)(H,34,35,38). The highest BCUT2D eigenvalue weighted by Crippen LogP contribution is 2.61. The molecule has 5 nitrogen and oxygen atoms in total. The Hall–Kier alpha value is -4.29. The normalized spacial score (nSPS) is 20.9. The molecule has 6 heteroatoms. The zero-order valence-corrected chi connectivity index (χ0v) is 22.4. The van der Waals surface area contributed by atoms with Gasteiger partial charge in [-0.15, -0.1) is 11.3 Å². The van der Waals surface area contributed by atoms with E-state index >= 15 is 0 Å². The van der Waals surface area contributed by atoms with Gasteiger partial charge in [0.25, 0.3) is 0 Å². The van der Waals surface area contributed by atoms with Gasteiger partial charge in [-0.3, -0.25) is 4.79 Å². The average Bonchev–Trinajstić information content (AvgIpc) is 3.41. The van der Waals surface area contributed by atoms with Gasteiger partial charge in [-0.25, -0.2) is 9.78 Å². The molecule has 0 aliphatic heterocycles. The number of carboxylic acid groups (broad SMARTS) is 1. The molecule has 3 unspecified atom stereocenters. The molecule has 1 amide bonds. The van der Waals surface area contributed by atoms with Crippen LogP contribution in [0.15, 0.2) is 84.2 Å². The van der Waals surface area contributed by atoms with Crippen molar-refractivity contribution < 1.29 is 14.7 Å². The van der Waals surface area contributed by atoms with Gasteiger partial charge in [-0.05, 0) is 64.9 Å². The maximum atomic E-state index is 14.1. The number of carbonyl (C=O) groups is 2. The fraction of sp³-hybridized carbons (Fsp3) is 0.182. The fourth-order valence-corrected chi connectivity index (χ4v) is 7.56. The lowest BCUT2D eigenvalue weighted by molar-refractivity contribution is -0.126. The second-order valence-electron chi connectivity index (χ2n) is 10.8. The summed E-state index contributed by atoms with van der Waals surface area (Å²) in [6.07, 6.45) is 0.540. The molecular weight excluding hydrogens is 504 g/mol. The average molecular weight is 531 g/mol. The SMILES string of the molecule is Cc1ccc(-c2csc(NC(=O)C3(C)CC4c5ccccc5C3c3cccc(C(=O)O)c34)n2)c2ccccc12. The van der Waals surface area contributed by atoms with Crippen LogP contribution < -0.4 is 5.32 Å². The summed E-state index contributed by atoms with van der Waals surface area (Å²) in [6.45, 7) is 4.11. The Bertz CT molecular complexity index is 1820. The first kappa shape index (κ1) is 23.8. The van der Waals surface area contributed by atoms with Gasteiger partial charge in [0.1, 0.15) is 0 Å². The van der Waals surface area contributed by atoms with E-state index in [1.807, 2.05) is 42.6 Å². The molecule has 2 N–H and O–H groups in total. The minimum atomic E-state index is -0.929. The molecule has 3 atom stereocenters. The molecule has 3 aliphatic carbocycles. The van der Waals surface area contributed by atoms with Crippen LogP contribution in [0.2, 0.25) is 0 Å². The molecule has 0 spiro atoms. The van der Waals surface area contributed by atoms with Gasteiger partial charge in [0.2, 0.25) is 5.91 Å². The van der Waals surface area contributed by atoms with Crippen LogP contribution in [-0.2, 0) is 4.79 Å². The minimum Gasteiger partial charge on any atom is -0.478 e. The number of nitrogens with zero attached hydrogens (tertiary/aromatic N) is 1. The monoisotopic (exact) mass is 530 g/mol. The smallest absolute Gasteiger partial charge is 0.335 e. The molecule has 1 aromatic heterocycles. The number of amides is 1. The molecule has 0 radical (unpaired) electrons. The van der Waals surface area contributed by atoms with Crippen LogP contribution in [0.25, 0.3) is 22.0 Å². The van der Waals surface area contributed by atoms with Gasteiger partial charge in [0, 0.05) is 22.8 Å². The molecule has 3 aliphatic rings. The van der Waals surface area contributed by atoms with E-state index in [1.54, 1.807) is 12.1 Å². The van der Waals surface area contributed by atoms with Crippen molar-refractivity contribution >= 4 is 39.1 Å². The Balaban J connectivity index is 1.26. The zero-order chi connectivity index (χ0) is 26.9. The highest BCUT2D eigenvalue weighted by Gasteiger charge is 2.55. The Morgan fingerprint density at radius 2 is 1.64 bits per heavy atom. The van der Waals surface area contributed by atoms with Crippen LogP contribution in [0.5, 0.6) is 0 Å². The number of aryl methyl sites for hydroxylation is 1. The lowest BCUT2D eigenvalue weighted by atomic mass is 9.52. The Kier molecular flexibility index (Phi) is 5.26. The Morgan fingerprint density at radius 1 is 0.923 bits per heavy atom. The van der Waals surface area contributed by atoms with E-state index in [4.69, 9.17) is 4.98 Å². The maximum absolute atomic E-state index is 14.1. The number of carboxylic acids is 1. The second-order valence-corrected chi connectivity index (χ2v) is 11.7. The minimum absolute atomic E-state index is 0.0898. The fourth-order valence-electron chi connectivity index (χ4n) is 6.86. The molecule has 4 aromatic carbocycles. The third kappa shape index (κ3) is 3.48. The van der Waals surface area contributed by atoms with Crippen LogP contribution in [0, 0.1) is 12.3 Å².